The number of hydrogen-bond acceptors (Lipinski definition) is 7. The molecular weight excluding hydrogens is 433 g/mol. The minimum Gasteiger partial charge on any atom is -0.444 e. The van der Waals surface area contributed by atoms with Crippen LogP contribution < -0.4 is 5.63 Å². The van der Waals surface area contributed by atoms with Crippen LogP contribution in [0.4, 0.5) is 14.9 Å². The Morgan fingerprint density at radius 1 is 1.18 bits per heavy atom. The number of carbonyl (C=O) groups excluding carboxylic acids is 1. The first kappa shape index (κ1) is 22.9. The molecule has 0 N–H and O–H groups in total. The number of ether oxygens (including phenoxy) is 1. The summed E-state index contributed by atoms with van der Waals surface area (Å²) < 4.78 is 24.5. The number of amides is 1. The molecule has 33 heavy (non-hydrogen) atoms. The van der Waals surface area contributed by atoms with E-state index in [4.69, 9.17) is 9.15 Å². The number of carbonyl (C=O) groups is 1. The number of allylic oxidation sites excluding steroid dienone is 1. The molecule has 1 amide bonds. The second kappa shape index (κ2) is 8.58. The molecule has 0 saturated carbocycles. The number of halogens is 1. The van der Waals surface area contributed by atoms with Crippen molar-refractivity contribution in [3.05, 3.63) is 56.4 Å². The summed E-state index contributed by atoms with van der Waals surface area (Å²) in [5, 5.41) is 11.3. The van der Waals surface area contributed by atoms with Gasteiger partial charge in [-0.15, -0.1) is 0 Å². The van der Waals surface area contributed by atoms with E-state index in [0.717, 1.165) is 24.1 Å². The van der Waals surface area contributed by atoms with Gasteiger partial charge >= 0.3 is 11.7 Å². The third kappa shape index (κ3) is 4.90. The number of rotatable bonds is 3. The number of fused-ring (bicyclic) bond motifs is 1. The van der Waals surface area contributed by atoms with Gasteiger partial charge in [0.2, 0.25) is 0 Å². The summed E-state index contributed by atoms with van der Waals surface area (Å²) >= 11 is 0. The zero-order chi connectivity index (χ0) is 23.9. The Morgan fingerprint density at radius 2 is 1.88 bits per heavy atom. The molecule has 1 aromatic carbocycles. The number of piperazine rings is 1. The van der Waals surface area contributed by atoms with Crippen LogP contribution in [0.3, 0.4) is 0 Å². The quantitative estimate of drug-likeness (QED) is 0.506. The van der Waals surface area contributed by atoms with E-state index >= 15 is 0 Å². The number of hydrogen-bond donors (Lipinski definition) is 0. The lowest BCUT2D eigenvalue weighted by Gasteiger charge is -2.37. The van der Waals surface area contributed by atoms with Crippen LogP contribution in [0.25, 0.3) is 16.3 Å². The molecule has 1 fully saturated rings. The molecule has 1 atom stereocenters. The summed E-state index contributed by atoms with van der Waals surface area (Å²) in [6.07, 6.45) is 3.12. The summed E-state index contributed by atoms with van der Waals surface area (Å²) in [5.41, 5.74) is -1.03. The van der Waals surface area contributed by atoms with Crippen LogP contribution in [-0.2, 0) is 4.74 Å². The molecule has 2 aliphatic rings. The second-order valence-electron chi connectivity index (χ2n) is 9.34. The third-order valence-corrected chi connectivity index (χ3v) is 5.87. The SMILES string of the molecule is CC(C)(C)OC(=O)N1CCN([C@H]2C=C(c3cc4c([N+](=O)[O-])cc(F)cc4c(=O)o3)CC2)CC1. The maximum absolute atomic E-state index is 13.7. The zero-order valence-electron chi connectivity index (χ0n) is 18.8. The van der Waals surface area contributed by atoms with E-state index in [0.29, 0.717) is 32.6 Å². The van der Waals surface area contributed by atoms with Crippen LogP contribution in [0.5, 0.6) is 0 Å². The van der Waals surface area contributed by atoms with Gasteiger partial charge < -0.3 is 14.1 Å². The van der Waals surface area contributed by atoms with Crippen molar-refractivity contribution in [1.82, 2.24) is 9.80 Å². The van der Waals surface area contributed by atoms with Gasteiger partial charge in [-0.2, -0.15) is 0 Å². The molecule has 0 bridgehead atoms. The van der Waals surface area contributed by atoms with Crippen molar-refractivity contribution in [3.63, 3.8) is 0 Å². The highest BCUT2D eigenvalue weighted by Gasteiger charge is 2.31. The standard InChI is InChI=1S/C23H26FN3O6/c1-23(2,3)33-22(29)26-8-6-25(7-9-26)16-5-4-14(10-16)20-13-17-18(21(28)32-20)11-15(24)12-19(17)27(30)31/h10-13,16H,4-9H2,1-3H3/t16-/m1/s1. The molecule has 0 radical (unpaired) electrons. The average molecular weight is 459 g/mol. The molecule has 1 saturated heterocycles. The summed E-state index contributed by atoms with van der Waals surface area (Å²) in [4.78, 5) is 39.3. The Morgan fingerprint density at radius 3 is 2.52 bits per heavy atom. The molecule has 10 heteroatoms. The molecule has 4 rings (SSSR count). The van der Waals surface area contributed by atoms with Crippen LogP contribution in [-0.4, -0.2) is 58.6 Å². The van der Waals surface area contributed by atoms with Gasteiger partial charge in [0.25, 0.3) is 5.69 Å². The van der Waals surface area contributed by atoms with E-state index in [9.17, 15) is 24.1 Å². The lowest BCUT2D eigenvalue weighted by molar-refractivity contribution is -0.383. The first-order chi connectivity index (χ1) is 15.5. The number of benzene rings is 1. The van der Waals surface area contributed by atoms with Gasteiger partial charge in [0.1, 0.15) is 17.2 Å². The normalized spacial score (nSPS) is 19.6. The second-order valence-corrected chi connectivity index (χ2v) is 9.34. The lowest BCUT2D eigenvalue weighted by atomic mass is 10.1. The fraction of sp³-hybridized carbons (Fsp3) is 0.478. The van der Waals surface area contributed by atoms with Gasteiger partial charge in [0.15, 0.2) is 0 Å². The van der Waals surface area contributed by atoms with Crippen LogP contribution in [0.15, 0.2) is 33.5 Å². The number of nitrogens with zero attached hydrogens (tertiary/aromatic N) is 3. The van der Waals surface area contributed by atoms with Gasteiger partial charge in [-0.05, 0) is 51.3 Å². The fourth-order valence-electron chi connectivity index (χ4n) is 4.31. The molecule has 0 unspecified atom stereocenters. The predicted molar refractivity (Wildman–Crippen MR) is 119 cm³/mol. The molecule has 1 aromatic heterocycles. The fourth-order valence-corrected chi connectivity index (χ4v) is 4.31. The maximum Gasteiger partial charge on any atom is 0.410 e. The Labute approximate surface area is 189 Å². The Kier molecular flexibility index (Phi) is 5.96. The first-order valence-electron chi connectivity index (χ1n) is 10.9. The molecule has 1 aliphatic heterocycles. The highest BCUT2D eigenvalue weighted by atomic mass is 19.1. The van der Waals surface area contributed by atoms with Gasteiger partial charge in [-0.1, -0.05) is 6.08 Å². The zero-order valence-corrected chi connectivity index (χ0v) is 18.8. The van der Waals surface area contributed by atoms with Gasteiger partial charge in [-0.3, -0.25) is 15.0 Å². The van der Waals surface area contributed by atoms with Crippen molar-refractivity contribution >= 4 is 28.1 Å². The van der Waals surface area contributed by atoms with E-state index in [1.54, 1.807) is 4.90 Å². The van der Waals surface area contributed by atoms with E-state index in [1.807, 2.05) is 26.8 Å². The number of nitro groups is 1. The topological polar surface area (TPSA) is 106 Å². The summed E-state index contributed by atoms with van der Waals surface area (Å²) in [5.74, 6) is -0.600. The Hall–Kier alpha value is -3.27. The minimum atomic E-state index is -0.861. The summed E-state index contributed by atoms with van der Waals surface area (Å²) in [6.45, 7) is 7.97. The number of non-ortho nitro benzene ring substituents is 1. The van der Waals surface area contributed by atoms with Crippen molar-refractivity contribution in [1.29, 1.82) is 0 Å². The van der Waals surface area contributed by atoms with Crippen molar-refractivity contribution in [3.8, 4) is 0 Å². The largest absolute Gasteiger partial charge is 0.444 e. The average Bonchev–Trinajstić information content (AvgIpc) is 3.23. The van der Waals surface area contributed by atoms with E-state index < -0.39 is 27.7 Å². The molecule has 2 heterocycles. The van der Waals surface area contributed by atoms with Crippen LogP contribution in [0.1, 0.15) is 39.4 Å². The van der Waals surface area contributed by atoms with Crippen molar-refractivity contribution in [2.45, 2.75) is 45.3 Å². The summed E-state index contributed by atoms with van der Waals surface area (Å²) in [7, 11) is 0. The monoisotopic (exact) mass is 459 g/mol. The van der Waals surface area contributed by atoms with Gasteiger partial charge in [0, 0.05) is 32.2 Å². The minimum absolute atomic E-state index is 0.0583. The highest BCUT2D eigenvalue weighted by molar-refractivity contribution is 5.91. The van der Waals surface area contributed by atoms with E-state index in [2.05, 4.69) is 4.90 Å². The Bertz CT molecular complexity index is 1190. The molecule has 0 spiro atoms. The van der Waals surface area contributed by atoms with Crippen LogP contribution >= 0.6 is 0 Å². The lowest BCUT2D eigenvalue weighted by Crippen LogP contribution is -2.52. The van der Waals surface area contributed by atoms with E-state index in [1.165, 1.54) is 6.07 Å². The van der Waals surface area contributed by atoms with Crippen molar-refractivity contribution in [2.24, 2.45) is 0 Å². The molecule has 176 valence electrons. The third-order valence-electron chi connectivity index (χ3n) is 5.87. The van der Waals surface area contributed by atoms with Gasteiger partial charge in [0.05, 0.1) is 21.8 Å². The smallest absolute Gasteiger partial charge is 0.410 e. The molecule has 9 nitrogen and oxygen atoms in total. The predicted octanol–water partition coefficient (Wildman–Crippen LogP) is 3.94. The van der Waals surface area contributed by atoms with Crippen molar-refractivity contribution < 1.29 is 23.3 Å². The van der Waals surface area contributed by atoms with Gasteiger partial charge in [-0.25, -0.2) is 14.0 Å². The number of nitro benzene ring substituents is 1. The molecule has 1 aliphatic carbocycles. The van der Waals surface area contributed by atoms with Crippen molar-refractivity contribution in [2.75, 3.05) is 26.2 Å². The molecular formula is C23H26FN3O6. The summed E-state index contributed by atoms with van der Waals surface area (Å²) in [6, 6.07) is 3.31. The van der Waals surface area contributed by atoms with Crippen LogP contribution in [0, 0.1) is 15.9 Å². The molecule has 2 aromatic rings. The highest BCUT2D eigenvalue weighted by Crippen LogP contribution is 2.34. The van der Waals surface area contributed by atoms with E-state index in [-0.39, 0.29) is 28.7 Å². The Balaban J connectivity index is 1.51. The first-order valence-corrected chi connectivity index (χ1v) is 10.9. The van der Waals surface area contributed by atoms with Crippen LogP contribution in [0.2, 0.25) is 0 Å². The maximum atomic E-state index is 13.7.